The zero-order chi connectivity index (χ0) is 15.0. The lowest BCUT2D eigenvalue weighted by molar-refractivity contribution is -0.133. The van der Waals surface area contributed by atoms with E-state index in [-0.39, 0.29) is 18.3 Å². The van der Waals surface area contributed by atoms with Crippen LogP contribution >= 0.6 is 11.8 Å². The number of benzene rings is 1. The zero-order valence-electron chi connectivity index (χ0n) is 11.6. The van der Waals surface area contributed by atoms with Crippen LogP contribution in [0.15, 0.2) is 18.2 Å². The molecule has 5 nitrogen and oxygen atoms in total. The van der Waals surface area contributed by atoms with Gasteiger partial charge in [0.05, 0.1) is 5.75 Å². The number of carboxylic acids is 1. The predicted octanol–water partition coefficient (Wildman–Crippen LogP) is 1.62. The van der Waals surface area contributed by atoms with Crippen LogP contribution in [0.1, 0.15) is 11.1 Å². The molecule has 0 saturated heterocycles. The van der Waals surface area contributed by atoms with Gasteiger partial charge >= 0.3 is 5.97 Å². The number of hydrogen-bond acceptors (Lipinski definition) is 4. The third-order valence-corrected chi connectivity index (χ3v) is 3.49. The number of ether oxygens (including phenoxy) is 1. The van der Waals surface area contributed by atoms with E-state index in [2.05, 4.69) is 5.32 Å². The molecule has 0 atom stereocenters. The number of thioether (sulfide) groups is 1. The molecular formula is C14H19NO4S. The number of carbonyl (C=O) groups is 2. The summed E-state index contributed by atoms with van der Waals surface area (Å²) in [7, 11) is 0. The molecule has 1 aromatic rings. The Bertz CT molecular complexity index is 456. The van der Waals surface area contributed by atoms with Gasteiger partial charge in [-0.05, 0) is 25.0 Å². The number of carboxylic acid groups (broad SMARTS) is 1. The van der Waals surface area contributed by atoms with Gasteiger partial charge < -0.3 is 15.2 Å². The Morgan fingerprint density at radius 3 is 2.55 bits per heavy atom. The lowest BCUT2D eigenvalue weighted by Crippen LogP contribution is -2.31. The highest BCUT2D eigenvalue weighted by Gasteiger charge is 2.06. The summed E-state index contributed by atoms with van der Waals surface area (Å²) in [5.41, 5.74) is 1.99. The second-order valence-corrected chi connectivity index (χ2v) is 5.41. The summed E-state index contributed by atoms with van der Waals surface area (Å²) in [6, 6.07) is 5.81. The molecule has 0 aromatic heterocycles. The number of hydrogen-bond donors (Lipinski definition) is 2. The van der Waals surface area contributed by atoms with E-state index in [1.54, 1.807) is 0 Å². The molecule has 0 unspecified atom stereocenters. The molecule has 1 amide bonds. The Kier molecular flexibility index (Phi) is 6.93. The molecule has 1 rings (SSSR count). The van der Waals surface area contributed by atoms with Gasteiger partial charge in [-0.2, -0.15) is 0 Å². The summed E-state index contributed by atoms with van der Waals surface area (Å²) in [6.45, 7) is 4.27. The SMILES string of the molecule is Cc1cccc(C)c1OCC(=O)NCCSCC(=O)O. The smallest absolute Gasteiger partial charge is 0.313 e. The third kappa shape index (κ3) is 5.97. The van der Waals surface area contributed by atoms with Crippen molar-refractivity contribution >= 4 is 23.6 Å². The van der Waals surface area contributed by atoms with Crippen LogP contribution in [-0.2, 0) is 9.59 Å². The summed E-state index contributed by atoms with van der Waals surface area (Å²) >= 11 is 1.27. The minimum atomic E-state index is -0.848. The van der Waals surface area contributed by atoms with Crippen LogP contribution < -0.4 is 10.1 Å². The Morgan fingerprint density at radius 2 is 1.95 bits per heavy atom. The van der Waals surface area contributed by atoms with Crippen molar-refractivity contribution in [1.29, 1.82) is 0 Å². The Balaban J connectivity index is 2.25. The van der Waals surface area contributed by atoms with E-state index in [4.69, 9.17) is 9.84 Å². The van der Waals surface area contributed by atoms with Gasteiger partial charge in [-0.25, -0.2) is 0 Å². The standard InChI is InChI=1S/C14H19NO4S/c1-10-4-3-5-11(2)14(10)19-8-12(16)15-6-7-20-9-13(17)18/h3-5H,6-9H2,1-2H3,(H,15,16)(H,17,18). The number of nitrogens with one attached hydrogen (secondary N) is 1. The van der Waals surface area contributed by atoms with Crippen LogP contribution in [0.4, 0.5) is 0 Å². The number of para-hydroxylation sites is 1. The van der Waals surface area contributed by atoms with Crippen molar-refractivity contribution in [1.82, 2.24) is 5.32 Å². The van der Waals surface area contributed by atoms with E-state index >= 15 is 0 Å². The molecule has 0 fully saturated rings. The fourth-order valence-corrected chi connectivity index (χ4v) is 2.20. The topological polar surface area (TPSA) is 75.6 Å². The lowest BCUT2D eigenvalue weighted by Gasteiger charge is -2.11. The van der Waals surface area contributed by atoms with Crippen molar-refractivity contribution in [2.24, 2.45) is 0 Å². The van der Waals surface area contributed by atoms with Crippen molar-refractivity contribution in [2.45, 2.75) is 13.8 Å². The molecule has 2 N–H and O–H groups in total. The average Bonchev–Trinajstić information content (AvgIpc) is 2.37. The summed E-state index contributed by atoms with van der Waals surface area (Å²) in [6.07, 6.45) is 0. The number of aryl methyl sites for hydroxylation is 2. The molecule has 0 saturated carbocycles. The second-order valence-electron chi connectivity index (χ2n) is 4.31. The minimum Gasteiger partial charge on any atom is -0.483 e. The zero-order valence-corrected chi connectivity index (χ0v) is 12.5. The van der Waals surface area contributed by atoms with Crippen LogP contribution in [-0.4, -0.2) is 41.6 Å². The molecule has 1 aromatic carbocycles. The van der Waals surface area contributed by atoms with Gasteiger partial charge in [0, 0.05) is 12.3 Å². The van der Waals surface area contributed by atoms with Gasteiger partial charge in [-0.3, -0.25) is 9.59 Å². The maximum Gasteiger partial charge on any atom is 0.313 e. The average molecular weight is 297 g/mol. The molecule has 110 valence electrons. The first-order chi connectivity index (χ1) is 9.50. The first-order valence-electron chi connectivity index (χ1n) is 6.26. The van der Waals surface area contributed by atoms with Crippen molar-refractivity contribution in [3.63, 3.8) is 0 Å². The fraction of sp³-hybridized carbons (Fsp3) is 0.429. The van der Waals surface area contributed by atoms with Crippen molar-refractivity contribution in [2.75, 3.05) is 24.7 Å². The molecule has 0 aliphatic carbocycles. The normalized spacial score (nSPS) is 10.1. The Morgan fingerprint density at radius 1 is 1.30 bits per heavy atom. The van der Waals surface area contributed by atoms with E-state index < -0.39 is 5.97 Å². The van der Waals surface area contributed by atoms with E-state index in [1.165, 1.54) is 11.8 Å². The molecule has 0 heterocycles. The van der Waals surface area contributed by atoms with E-state index in [1.807, 2.05) is 32.0 Å². The number of carbonyl (C=O) groups excluding carboxylic acids is 1. The molecule has 0 aliphatic rings. The van der Waals surface area contributed by atoms with Crippen molar-refractivity contribution in [3.8, 4) is 5.75 Å². The molecule has 0 radical (unpaired) electrons. The Hall–Kier alpha value is -1.69. The molecule has 0 spiro atoms. The second kappa shape index (κ2) is 8.47. The van der Waals surface area contributed by atoms with Crippen molar-refractivity contribution < 1.29 is 19.4 Å². The van der Waals surface area contributed by atoms with Gasteiger partial charge in [0.1, 0.15) is 5.75 Å². The van der Waals surface area contributed by atoms with Crippen LogP contribution in [0.2, 0.25) is 0 Å². The molecular weight excluding hydrogens is 278 g/mol. The van der Waals surface area contributed by atoms with Crippen LogP contribution in [0.3, 0.4) is 0 Å². The summed E-state index contributed by atoms with van der Waals surface area (Å²) in [5.74, 6) is 0.308. The highest BCUT2D eigenvalue weighted by molar-refractivity contribution is 7.99. The molecule has 6 heteroatoms. The highest BCUT2D eigenvalue weighted by Crippen LogP contribution is 2.21. The predicted molar refractivity (Wildman–Crippen MR) is 79.4 cm³/mol. The minimum absolute atomic E-state index is 0.0324. The molecule has 20 heavy (non-hydrogen) atoms. The molecule has 0 bridgehead atoms. The maximum absolute atomic E-state index is 11.6. The van der Waals surface area contributed by atoms with Gasteiger partial charge in [-0.15, -0.1) is 11.8 Å². The van der Waals surface area contributed by atoms with Gasteiger partial charge in [0.15, 0.2) is 6.61 Å². The monoisotopic (exact) mass is 297 g/mol. The van der Waals surface area contributed by atoms with E-state index in [0.29, 0.717) is 12.3 Å². The van der Waals surface area contributed by atoms with Crippen LogP contribution in [0.5, 0.6) is 5.75 Å². The Labute approximate surface area is 122 Å². The first-order valence-corrected chi connectivity index (χ1v) is 7.41. The first kappa shape index (κ1) is 16.4. The summed E-state index contributed by atoms with van der Waals surface area (Å²) < 4.78 is 5.51. The molecule has 0 aliphatic heterocycles. The third-order valence-electron chi connectivity index (χ3n) is 2.55. The van der Waals surface area contributed by atoms with Crippen molar-refractivity contribution in [3.05, 3.63) is 29.3 Å². The maximum atomic E-state index is 11.6. The van der Waals surface area contributed by atoms with E-state index in [9.17, 15) is 9.59 Å². The quantitative estimate of drug-likeness (QED) is 0.713. The van der Waals surface area contributed by atoms with Gasteiger partial charge in [0.2, 0.25) is 0 Å². The highest BCUT2D eigenvalue weighted by atomic mass is 32.2. The number of amides is 1. The van der Waals surface area contributed by atoms with Crippen LogP contribution in [0.25, 0.3) is 0 Å². The summed E-state index contributed by atoms with van der Waals surface area (Å²) in [5, 5.41) is 11.1. The number of aliphatic carboxylic acids is 1. The van der Waals surface area contributed by atoms with E-state index in [0.717, 1.165) is 16.9 Å². The largest absolute Gasteiger partial charge is 0.483 e. The lowest BCUT2D eigenvalue weighted by atomic mass is 10.1. The van der Waals surface area contributed by atoms with Gasteiger partial charge in [0.25, 0.3) is 5.91 Å². The number of rotatable bonds is 8. The fourth-order valence-electron chi connectivity index (χ4n) is 1.64. The van der Waals surface area contributed by atoms with Gasteiger partial charge in [-0.1, -0.05) is 18.2 Å². The van der Waals surface area contributed by atoms with Crippen LogP contribution in [0, 0.1) is 13.8 Å². The summed E-state index contributed by atoms with van der Waals surface area (Å²) in [4.78, 5) is 21.9.